The van der Waals surface area contributed by atoms with E-state index in [2.05, 4.69) is 27.4 Å². The van der Waals surface area contributed by atoms with Crippen LogP contribution in [0.15, 0.2) is 30.5 Å². The van der Waals surface area contributed by atoms with E-state index in [0.717, 1.165) is 36.6 Å². The molecule has 1 fully saturated rings. The third-order valence-electron chi connectivity index (χ3n) is 4.19. The first kappa shape index (κ1) is 15.7. The number of aromatic nitrogens is 3. The van der Waals surface area contributed by atoms with Gasteiger partial charge >= 0.3 is 0 Å². The third kappa shape index (κ3) is 3.96. The number of pyridine rings is 1. The van der Waals surface area contributed by atoms with Crippen molar-refractivity contribution in [3.8, 4) is 0 Å². The first-order valence-electron chi connectivity index (χ1n) is 8.04. The number of carbonyl (C=O) groups is 1. The molecule has 2 aromatic rings. The Morgan fingerprint density at radius 1 is 1.35 bits per heavy atom. The minimum Gasteiger partial charge on any atom is -0.351 e. The molecule has 3 rings (SSSR count). The maximum atomic E-state index is 11.1. The Morgan fingerprint density at radius 3 is 2.96 bits per heavy atom. The highest BCUT2D eigenvalue weighted by Crippen LogP contribution is 2.31. The second kappa shape index (κ2) is 6.91. The van der Waals surface area contributed by atoms with E-state index in [-0.39, 0.29) is 5.91 Å². The summed E-state index contributed by atoms with van der Waals surface area (Å²) in [6.45, 7) is 3.92. The number of nitrogens with one attached hydrogen (secondary N) is 1. The molecule has 2 aromatic heterocycles. The highest BCUT2D eigenvalue weighted by Gasteiger charge is 2.27. The Hall–Kier alpha value is -2.21. The predicted molar refractivity (Wildman–Crippen MR) is 87.4 cm³/mol. The molecule has 1 N–H and O–H groups in total. The van der Waals surface area contributed by atoms with E-state index in [0.29, 0.717) is 12.6 Å². The number of likely N-dealkylation sites (tertiary alicyclic amines) is 1. The fourth-order valence-electron chi connectivity index (χ4n) is 3.10. The van der Waals surface area contributed by atoms with Crippen molar-refractivity contribution >= 4 is 5.91 Å². The number of hydrogen-bond acceptors (Lipinski definition) is 4. The Morgan fingerprint density at radius 2 is 2.22 bits per heavy atom. The molecular weight excluding hydrogens is 290 g/mol. The van der Waals surface area contributed by atoms with Crippen LogP contribution in [0.1, 0.15) is 42.9 Å². The summed E-state index contributed by atoms with van der Waals surface area (Å²) in [6, 6.07) is 8.46. The van der Waals surface area contributed by atoms with Crippen molar-refractivity contribution in [3.05, 3.63) is 47.5 Å². The molecule has 0 radical (unpaired) electrons. The maximum Gasteiger partial charge on any atom is 0.217 e. The van der Waals surface area contributed by atoms with Crippen LogP contribution in [-0.2, 0) is 24.9 Å². The maximum absolute atomic E-state index is 11.1. The highest BCUT2D eigenvalue weighted by atomic mass is 16.1. The van der Waals surface area contributed by atoms with Crippen LogP contribution in [0, 0.1) is 0 Å². The van der Waals surface area contributed by atoms with Crippen LogP contribution in [0.3, 0.4) is 0 Å². The largest absolute Gasteiger partial charge is 0.351 e. The van der Waals surface area contributed by atoms with Crippen LogP contribution in [0.5, 0.6) is 0 Å². The molecule has 1 aliphatic heterocycles. The van der Waals surface area contributed by atoms with Crippen molar-refractivity contribution in [1.29, 1.82) is 0 Å². The normalized spacial score (nSPS) is 18.3. The summed E-state index contributed by atoms with van der Waals surface area (Å²) in [5.41, 5.74) is 3.08. The van der Waals surface area contributed by atoms with Crippen molar-refractivity contribution in [2.24, 2.45) is 7.05 Å². The van der Waals surface area contributed by atoms with E-state index in [1.807, 2.05) is 30.1 Å². The lowest BCUT2D eigenvalue weighted by Crippen LogP contribution is -2.25. The lowest BCUT2D eigenvalue weighted by molar-refractivity contribution is -0.119. The number of amides is 1. The van der Waals surface area contributed by atoms with Crippen LogP contribution in [0.2, 0.25) is 0 Å². The van der Waals surface area contributed by atoms with Gasteiger partial charge in [-0.05, 0) is 37.6 Å². The number of hydrogen-bond donors (Lipinski definition) is 1. The summed E-state index contributed by atoms with van der Waals surface area (Å²) < 4.78 is 1.84. The van der Waals surface area contributed by atoms with Gasteiger partial charge in [0.05, 0.1) is 29.7 Å². The second-order valence-electron chi connectivity index (χ2n) is 6.07. The van der Waals surface area contributed by atoms with E-state index in [4.69, 9.17) is 4.98 Å². The molecule has 6 heteroatoms. The molecular formula is C17H23N5O. The molecule has 1 amide bonds. The minimum absolute atomic E-state index is 0.0325. The van der Waals surface area contributed by atoms with Crippen molar-refractivity contribution in [2.75, 3.05) is 6.54 Å². The van der Waals surface area contributed by atoms with Gasteiger partial charge in [-0.1, -0.05) is 6.07 Å². The van der Waals surface area contributed by atoms with Gasteiger partial charge in [0.25, 0.3) is 0 Å². The van der Waals surface area contributed by atoms with E-state index in [1.54, 1.807) is 0 Å². The third-order valence-corrected chi connectivity index (χ3v) is 4.19. The number of aryl methyl sites for hydroxylation is 1. The average Bonchev–Trinajstić information content (AvgIpc) is 3.15. The minimum atomic E-state index is -0.0325. The summed E-state index contributed by atoms with van der Waals surface area (Å²) >= 11 is 0. The quantitative estimate of drug-likeness (QED) is 0.914. The Kier molecular flexibility index (Phi) is 4.71. The van der Waals surface area contributed by atoms with E-state index < -0.39 is 0 Å². The molecule has 122 valence electrons. The molecule has 6 nitrogen and oxygen atoms in total. The number of nitrogens with zero attached hydrogens (tertiary/aromatic N) is 4. The van der Waals surface area contributed by atoms with Crippen LogP contribution in [-0.4, -0.2) is 32.1 Å². The summed E-state index contributed by atoms with van der Waals surface area (Å²) in [4.78, 5) is 18.2. The fraction of sp³-hybridized carbons (Fsp3) is 0.471. The summed E-state index contributed by atoms with van der Waals surface area (Å²) in [5.74, 6) is -0.0325. The van der Waals surface area contributed by atoms with Gasteiger partial charge in [-0.2, -0.15) is 5.10 Å². The van der Waals surface area contributed by atoms with Crippen molar-refractivity contribution in [3.63, 3.8) is 0 Å². The Balaban J connectivity index is 1.71. The molecule has 0 aromatic carbocycles. The zero-order valence-electron chi connectivity index (χ0n) is 13.7. The molecule has 0 unspecified atom stereocenters. The summed E-state index contributed by atoms with van der Waals surface area (Å²) in [7, 11) is 1.94. The lowest BCUT2D eigenvalue weighted by Gasteiger charge is -2.23. The lowest BCUT2D eigenvalue weighted by atomic mass is 10.1. The monoisotopic (exact) mass is 313 g/mol. The van der Waals surface area contributed by atoms with Crippen molar-refractivity contribution in [1.82, 2.24) is 25.0 Å². The second-order valence-corrected chi connectivity index (χ2v) is 6.07. The van der Waals surface area contributed by atoms with Crippen LogP contribution >= 0.6 is 0 Å². The van der Waals surface area contributed by atoms with Gasteiger partial charge in [0.15, 0.2) is 0 Å². The number of carbonyl (C=O) groups excluding carboxylic acids is 1. The van der Waals surface area contributed by atoms with Crippen LogP contribution in [0.4, 0.5) is 0 Å². The molecule has 3 heterocycles. The molecule has 23 heavy (non-hydrogen) atoms. The van der Waals surface area contributed by atoms with Crippen molar-refractivity contribution in [2.45, 2.75) is 38.9 Å². The summed E-state index contributed by atoms with van der Waals surface area (Å²) in [6.07, 6.45) is 4.27. The molecule has 1 aliphatic rings. The standard InChI is InChI=1S/C17H23N5O/c1-13(23)18-11-14-5-3-6-16(19-14)17-7-4-9-22(17)12-15-8-10-21(2)20-15/h3,5-6,8,10,17H,4,7,9,11-12H2,1-2H3,(H,18,23)/t17-/m0/s1. The van der Waals surface area contributed by atoms with Crippen molar-refractivity contribution < 1.29 is 4.79 Å². The number of rotatable bonds is 5. The van der Waals surface area contributed by atoms with Crippen LogP contribution < -0.4 is 5.32 Å². The molecule has 0 saturated carbocycles. The molecule has 1 atom stereocenters. The van der Waals surface area contributed by atoms with Crippen LogP contribution in [0.25, 0.3) is 0 Å². The van der Waals surface area contributed by atoms with Gasteiger partial charge in [0.1, 0.15) is 0 Å². The highest BCUT2D eigenvalue weighted by molar-refractivity contribution is 5.72. The smallest absolute Gasteiger partial charge is 0.217 e. The van der Waals surface area contributed by atoms with Gasteiger partial charge in [-0.25, -0.2) is 0 Å². The average molecular weight is 313 g/mol. The zero-order valence-corrected chi connectivity index (χ0v) is 13.7. The Labute approximate surface area is 136 Å². The molecule has 0 spiro atoms. The Bertz CT molecular complexity index is 681. The first-order valence-corrected chi connectivity index (χ1v) is 8.04. The van der Waals surface area contributed by atoms with Gasteiger partial charge < -0.3 is 5.32 Å². The molecule has 0 aliphatic carbocycles. The van der Waals surface area contributed by atoms with E-state index >= 15 is 0 Å². The summed E-state index contributed by atoms with van der Waals surface area (Å²) in [5, 5.41) is 7.28. The SMILES string of the molecule is CC(=O)NCc1cccc([C@@H]2CCCN2Cc2ccn(C)n2)n1. The topological polar surface area (TPSA) is 63.1 Å². The molecule has 0 bridgehead atoms. The van der Waals surface area contributed by atoms with Gasteiger partial charge in [-0.3, -0.25) is 19.4 Å². The van der Waals surface area contributed by atoms with Gasteiger partial charge in [0, 0.05) is 26.7 Å². The zero-order chi connectivity index (χ0) is 16.2. The first-order chi connectivity index (χ1) is 11.1. The van der Waals surface area contributed by atoms with E-state index in [9.17, 15) is 4.79 Å². The van der Waals surface area contributed by atoms with Gasteiger partial charge in [-0.15, -0.1) is 0 Å². The predicted octanol–water partition coefficient (Wildman–Crippen LogP) is 1.79. The fourth-order valence-corrected chi connectivity index (χ4v) is 3.10. The van der Waals surface area contributed by atoms with E-state index in [1.165, 1.54) is 13.3 Å². The molecule has 1 saturated heterocycles. The van der Waals surface area contributed by atoms with Gasteiger partial charge in [0.2, 0.25) is 5.91 Å².